The zero-order valence-corrected chi connectivity index (χ0v) is 10.4. The lowest BCUT2D eigenvalue weighted by Gasteiger charge is -1.93. The van der Waals surface area contributed by atoms with Gasteiger partial charge < -0.3 is 0 Å². The molecule has 0 radical (unpaired) electrons. The van der Waals surface area contributed by atoms with E-state index in [2.05, 4.69) is 49.0 Å². The molecule has 86 valence electrons. The van der Waals surface area contributed by atoms with E-state index in [0.717, 1.165) is 6.54 Å². The molecule has 0 spiro atoms. The van der Waals surface area contributed by atoms with Gasteiger partial charge >= 0.3 is 0 Å². The van der Waals surface area contributed by atoms with Crippen molar-refractivity contribution in [1.82, 2.24) is 0 Å². The van der Waals surface area contributed by atoms with Crippen molar-refractivity contribution in [2.75, 3.05) is 6.54 Å². The maximum Gasteiger partial charge on any atom is 0.0484 e. The summed E-state index contributed by atoms with van der Waals surface area (Å²) >= 11 is 0. The van der Waals surface area contributed by atoms with Gasteiger partial charge in [-0.3, -0.25) is 0 Å². The first kappa shape index (κ1) is 12.7. The maximum absolute atomic E-state index is 4.26. The average molecular weight is 215 g/mol. The molecule has 0 aliphatic heterocycles. The third kappa shape index (κ3) is 5.53. The minimum atomic E-state index is 0.905. The first-order chi connectivity index (χ1) is 7.83. The Morgan fingerprint density at radius 2 is 2.12 bits per heavy atom. The van der Waals surface area contributed by atoms with Crippen LogP contribution in [0.15, 0.2) is 29.3 Å². The Labute approximate surface area is 98.9 Å². The molecule has 1 nitrogen and oxygen atoms in total. The first-order valence-corrected chi connectivity index (χ1v) is 6.15. The Bertz CT molecular complexity index is 359. The van der Waals surface area contributed by atoms with Gasteiger partial charge in [0.15, 0.2) is 0 Å². The fourth-order valence-electron chi connectivity index (χ4n) is 1.56. The van der Waals surface area contributed by atoms with Crippen molar-refractivity contribution in [2.45, 2.75) is 39.5 Å². The molecule has 0 N–H and O–H groups in total. The topological polar surface area (TPSA) is 12.4 Å². The van der Waals surface area contributed by atoms with Gasteiger partial charge in [-0.1, -0.05) is 56.0 Å². The number of hydrogen-bond acceptors (Lipinski definition) is 1. The lowest BCUT2D eigenvalue weighted by molar-refractivity contribution is 0.676. The molecule has 1 aromatic carbocycles. The molecule has 0 aliphatic rings. The van der Waals surface area contributed by atoms with Gasteiger partial charge in [0.2, 0.25) is 0 Å². The molecule has 0 bridgehead atoms. The molecule has 1 heteroatoms. The number of aliphatic imine (C=N–C) groups is 1. The predicted octanol–water partition coefficient (Wildman–Crippen LogP) is 4.26. The molecule has 0 fully saturated rings. The highest BCUT2D eigenvalue weighted by Crippen LogP contribution is 2.04. The fourth-order valence-corrected chi connectivity index (χ4v) is 1.56. The van der Waals surface area contributed by atoms with Gasteiger partial charge in [-0.25, -0.2) is 4.99 Å². The minimum Gasteiger partial charge on any atom is -0.243 e. The zero-order chi connectivity index (χ0) is 11.6. The predicted molar refractivity (Wildman–Crippen MR) is 72.1 cm³/mol. The standard InChI is InChI=1S/C15H21N/c1-3-4-5-6-11-16-12-10-15-9-7-8-14(2)13-15/h7-10,13H,3-6,11H2,1-2H3. The van der Waals surface area contributed by atoms with Crippen LogP contribution in [0.5, 0.6) is 0 Å². The summed E-state index contributed by atoms with van der Waals surface area (Å²) in [5.41, 5.74) is 2.45. The molecule has 1 aromatic rings. The molecule has 16 heavy (non-hydrogen) atoms. The highest BCUT2D eigenvalue weighted by atomic mass is 14.7. The third-order valence-electron chi connectivity index (χ3n) is 2.49. The second-order valence-electron chi connectivity index (χ2n) is 4.13. The molecule has 0 heterocycles. The number of unbranched alkanes of at least 4 members (excludes halogenated alkanes) is 3. The summed E-state index contributed by atoms with van der Waals surface area (Å²) in [5, 5.41) is 0. The van der Waals surface area contributed by atoms with Gasteiger partial charge in [0, 0.05) is 12.6 Å². The Morgan fingerprint density at radius 1 is 1.25 bits per heavy atom. The van der Waals surface area contributed by atoms with Gasteiger partial charge in [0.05, 0.1) is 0 Å². The van der Waals surface area contributed by atoms with Crippen LogP contribution in [0.2, 0.25) is 0 Å². The van der Waals surface area contributed by atoms with Crippen LogP contribution in [0.4, 0.5) is 0 Å². The van der Waals surface area contributed by atoms with Crippen LogP contribution in [0.1, 0.15) is 43.7 Å². The van der Waals surface area contributed by atoms with Crippen LogP contribution in [0.3, 0.4) is 0 Å². The minimum absolute atomic E-state index is 0.905. The van der Waals surface area contributed by atoms with Crippen molar-refractivity contribution in [1.29, 1.82) is 0 Å². The van der Waals surface area contributed by atoms with Crippen molar-refractivity contribution in [3.05, 3.63) is 35.4 Å². The summed E-state index contributed by atoms with van der Waals surface area (Å²) in [6, 6.07) is 8.37. The average Bonchev–Trinajstić information content (AvgIpc) is 2.28. The smallest absolute Gasteiger partial charge is 0.0484 e. The van der Waals surface area contributed by atoms with E-state index in [1.54, 1.807) is 0 Å². The molecule has 1 rings (SSSR count). The van der Waals surface area contributed by atoms with Crippen molar-refractivity contribution < 1.29 is 0 Å². The van der Waals surface area contributed by atoms with Gasteiger partial charge in [-0.2, -0.15) is 0 Å². The van der Waals surface area contributed by atoms with E-state index in [1.165, 1.54) is 36.8 Å². The molecule has 0 aromatic heterocycles. The van der Waals surface area contributed by atoms with Crippen LogP contribution >= 0.6 is 0 Å². The van der Waals surface area contributed by atoms with E-state index in [9.17, 15) is 0 Å². The van der Waals surface area contributed by atoms with Crippen molar-refractivity contribution >= 4 is 11.9 Å². The van der Waals surface area contributed by atoms with Crippen LogP contribution in [-0.2, 0) is 0 Å². The summed E-state index contributed by atoms with van der Waals surface area (Å²) in [7, 11) is 0. The summed E-state index contributed by atoms with van der Waals surface area (Å²) in [5.74, 6) is 3.01. The normalized spacial score (nSPS) is 9.62. The summed E-state index contributed by atoms with van der Waals surface area (Å²) < 4.78 is 0. The van der Waals surface area contributed by atoms with Crippen molar-refractivity contribution in [3.63, 3.8) is 0 Å². The number of benzene rings is 1. The number of hydrogen-bond donors (Lipinski definition) is 0. The lowest BCUT2D eigenvalue weighted by atomic mass is 10.1. The third-order valence-corrected chi connectivity index (χ3v) is 2.49. The van der Waals surface area contributed by atoms with Crippen molar-refractivity contribution in [2.24, 2.45) is 4.99 Å². The van der Waals surface area contributed by atoms with E-state index in [1.807, 2.05) is 6.08 Å². The molecule has 0 amide bonds. The molecule has 0 atom stereocenters. The Balaban J connectivity index is 2.33. The summed E-state index contributed by atoms with van der Waals surface area (Å²) in [6.45, 7) is 5.22. The fraction of sp³-hybridized carbons (Fsp3) is 0.467. The van der Waals surface area contributed by atoms with Crippen LogP contribution < -0.4 is 0 Å². The highest BCUT2D eigenvalue weighted by Gasteiger charge is 1.86. The van der Waals surface area contributed by atoms with Crippen LogP contribution in [-0.4, -0.2) is 12.4 Å². The van der Waals surface area contributed by atoms with E-state index in [-0.39, 0.29) is 0 Å². The highest BCUT2D eigenvalue weighted by molar-refractivity contribution is 5.77. The second kappa shape index (κ2) is 7.90. The van der Waals surface area contributed by atoms with Gasteiger partial charge in [-0.15, -0.1) is 0 Å². The molecular formula is C15H21N. The quantitative estimate of drug-likeness (QED) is 0.496. The SMILES string of the molecule is CCCCCCN=C=Cc1cccc(C)c1. The summed E-state index contributed by atoms with van der Waals surface area (Å²) in [4.78, 5) is 4.26. The van der Waals surface area contributed by atoms with E-state index in [0.29, 0.717) is 0 Å². The molecule has 0 saturated heterocycles. The van der Waals surface area contributed by atoms with Crippen molar-refractivity contribution in [3.8, 4) is 0 Å². The summed E-state index contributed by atoms with van der Waals surface area (Å²) in [6.07, 6.45) is 7.02. The van der Waals surface area contributed by atoms with E-state index in [4.69, 9.17) is 0 Å². The first-order valence-electron chi connectivity index (χ1n) is 6.15. The van der Waals surface area contributed by atoms with E-state index >= 15 is 0 Å². The Morgan fingerprint density at radius 3 is 2.88 bits per heavy atom. The van der Waals surface area contributed by atoms with Crippen LogP contribution in [0.25, 0.3) is 6.08 Å². The van der Waals surface area contributed by atoms with Gasteiger partial charge in [0.25, 0.3) is 0 Å². The monoisotopic (exact) mass is 215 g/mol. The second-order valence-corrected chi connectivity index (χ2v) is 4.13. The Hall–Kier alpha value is -1.33. The molecular weight excluding hydrogens is 194 g/mol. The number of aryl methyl sites for hydroxylation is 1. The Kier molecular flexibility index (Phi) is 6.29. The maximum atomic E-state index is 4.26. The van der Waals surface area contributed by atoms with Crippen LogP contribution in [0, 0.1) is 6.92 Å². The zero-order valence-electron chi connectivity index (χ0n) is 10.4. The number of rotatable bonds is 6. The molecule has 0 saturated carbocycles. The largest absolute Gasteiger partial charge is 0.243 e. The van der Waals surface area contributed by atoms with Gasteiger partial charge in [0.1, 0.15) is 0 Å². The lowest BCUT2D eigenvalue weighted by Crippen LogP contribution is -1.80. The molecule has 0 aliphatic carbocycles. The van der Waals surface area contributed by atoms with E-state index < -0.39 is 0 Å². The number of nitrogens with zero attached hydrogens (tertiary/aromatic N) is 1. The molecule has 0 unspecified atom stereocenters. The van der Waals surface area contributed by atoms with Gasteiger partial charge in [-0.05, 0) is 24.8 Å².